The molecule has 1 heterocycles. The monoisotopic (exact) mass is 650 g/mol. The molecule has 0 aromatic heterocycles. The van der Waals surface area contributed by atoms with Crippen molar-refractivity contribution >= 4 is 34.1 Å². The Morgan fingerprint density at radius 3 is 2.16 bits per heavy atom. The summed E-state index contributed by atoms with van der Waals surface area (Å²) in [4.78, 5) is 41.8. The molecule has 9 nitrogen and oxygen atoms in total. The number of nitrogens with zero attached hydrogens (tertiary/aromatic N) is 2. The molecule has 2 amide bonds. The zero-order chi connectivity index (χ0) is 30.7. The van der Waals surface area contributed by atoms with Crippen LogP contribution in [0.1, 0.15) is 48.2 Å². The normalized spacial score (nSPS) is 16.3. The molecule has 0 spiro atoms. The van der Waals surface area contributed by atoms with Gasteiger partial charge in [-0.05, 0) is 77.2 Å². The van der Waals surface area contributed by atoms with Crippen LogP contribution in [-0.4, -0.2) is 79.6 Å². The predicted octanol–water partition coefficient (Wildman–Crippen LogP) is 6.48. The van der Waals surface area contributed by atoms with Gasteiger partial charge in [-0.15, -0.1) is 0 Å². The number of methoxy groups -OCH3 is 1. The third kappa shape index (κ3) is 6.80. The van der Waals surface area contributed by atoms with Crippen LogP contribution in [0.25, 0.3) is 11.1 Å². The third-order valence-electron chi connectivity index (χ3n) is 7.49. The Morgan fingerprint density at radius 2 is 1.53 bits per heavy atom. The number of rotatable bonds is 6. The number of ether oxygens (including phenoxy) is 4. The summed E-state index contributed by atoms with van der Waals surface area (Å²) in [7, 11) is 1.31. The van der Waals surface area contributed by atoms with Crippen molar-refractivity contribution in [2.24, 2.45) is 0 Å². The van der Waals surface area contributed by atoms with Crippen molar-refractivity contribution in [3.05, 3.63) is 87.9 Å². The standard InChI is InChI=1S/C33H35BrN2O7/c1-33(2,3)43-31(38)35-15-16-36(22(18-35)19-41-29-17-21(30(37)40-4)13-14-28(29)34)32(39)42-20-27-25-11-7-5-9-23(25)24-10-6-8-12-26(24)27/h5-14,17,22,27H,15-16,18-20H2,1-4H3/t22-/m0/s1. The molecule has 2 aliphatic rings. The van der Waals surface area contributed by atoms with Gasteiger partial charge >= 0.3 is 18.2 Å². The number of halogens is 1. The van der Waals surface area contributed by atoms with E-state index in [4.69, 9.17) is 18.9 Å². The Kier molecular flexibility index (Phi) is 8.96. The second kappa shape index (κ2) is 12.7. The highest BCUT2D eigenvalue weighted by atomic mass is 79.9. The van der Waals surface area contributed by atoms with Crippen LogP contribution in [0.4, 0.5) is 9.59 Å². The van der Waals surface area contributed by atoms with E-state index < -0.39 is 29.8 Å². The Morgan fingerprint density at radius 1 is 0.884 bits per heavy atom. The minimum atomic E-state index is -0.661. The van der Waals surface area contributed by atoms with Crippen molar-refractivity contribution in [1.29, 1.82) is 0 Å². The van der Waals surface area contributed by atoms with Crippen molar-refractivity contribution in [3.8, 4) is 16.9 Å². The molecule has 0 radical (unpaired) electrons. The van der Waals surface area contributed by atoms with Gasteiger partial charge in [0, 0.05) is 25.6 Å². The zero-order valence-corrected chi connectivity index (χ0v) is 26.3. The number of benzene rings is 3. The number of esters is 1. The molecule has 10 heteroatoms. The average Bonchev–Trinajstić information content (AvgIpc) is 3.31. The Bertz CT molecular complexity index is 1470. The lowest BCUT2D eigenvalue weighted by Crippen LogP contribution is -2.59. The first kappa shape index (κ1) is 30.4. The van der Waals surface area contributed by atoms with Gasteiger partial charge in [-0.1, -0.05) is 48.5 Å². The van der Waals surface area contributed by atoms with Crippen LogP contribution in [0.5, 0.6) is 5.75 Å². The molecular formula is C33H35BrN2O7. The highest BCUT2D eigenvalue weighted by molar-refractivity contribution is 9.10. The molecule has 3 aromatic carbocycles. The summed E-state index contributed by atoms with van der Waals surface area (Å²) in [6.45, 7) is 6.38. The van der Waals surface area contributed by atoms with Crippen LogP contribution in [0.15, 0.2) is 71.2 Å². The largest absolute Gasteiger partial charge is 0.490 e. The minimum Gasteiger partial charge on any atom is -0.490 e. The first-order valence-electron chi connectivity index (χ1n) is 14.2. The lowest BCUT2D eigenvalue weighted by Gasteiger charge is -2.40. The Balaban J connectivity index is 1.33. The molecule has 5 rings (SSSR count). The van der Waals surface area contributed by atoms with E-state index in [-0.39, 0.29) is 38.8 Å². The third-order valence-corrected chi connectivity index (χ3v) is 8.14. The summed E-state index contributed by atoms with van der Waals surface area (Å²) in [5, 5.41) is 0. The van der Waals surface area contributed by atoms with E-state index in [2.05, 4.69) is 40.2 Å². The zero-order valence-electron chi connectivity index (χ0n) is 24.7. The fourth-order valence-electron chi connectivity index (χ4n) is 5.45. The van der Waals surface area contributed by atoms with Crippen LogP contribution in [-0.2, 0) is 14.2 Å². The van der Waals surface area contributed by atoms with E-state index in [0.717, 1.165) is 22.3 Å². The fourth-order valence-corrected chi connectivity index (χ4v) is 5.81. The molecule has 1 aliphatic carbocycles. The number of piperazine rings is 1. The molecule has 226 valence electrons. The molecule has 3 aromatic rings. The second-order valence-corrected chi connectivity index (χ2v) is 12.4. The lowest BCUT2D eigenvalue weighted by atomic mass is 9.98. The summed E-state index contributed by atoms with van der Waals surface area (Å²) in [5.41, 5.74) is 4.22. The SMILES string of the molecule is COC(=O)c1ccc(Br)c(OC[C@@H]2CN(C(=O)OC(C)(C)C)CCN2C(=O)OCC2c3ccccc3-c3ccccc32)c1. The summed E-state index contributed by atoms with van der Waals surface area (Å²) >= 11 is 3.46. The summed E-state index contributed by atoms with van der Waals surface area (Å²) in [5.74, 6) is -0.165. The molecule has 1 fully saturated rings. The molecule has 43 heavy (non-hydrogen) atoms. The molecule has 0 N–H and O–H groups in total. The van der Waals surface area contributed by atoms with Gasteiger partial charge in [-0.3, -0.25) is 4.90 Å². The smallest absolute Gasteiger partial charge is 0.410 e. The van der Waals surface area contributed by atoms with Gasteiger partial charge in [0.05, 0.1) is 23.2 Å². The van der Waals surface area contributed by atoms with E-state index >= 15 is 0 Å². The minimum absolute atomic E-state index is 0.0483. The van der Waals surface area contributed by atoms with Gasteiger partial charge < -0.3 is 23.8 Å². The first-order chi connectivity index (χ1) is 20.6. The van der Waals surface area contributed by atoms with E-state index in [9.17, 15) is 14.4 Å². The number of hydrogen-bond acceptors (Lipinski definition) is 7. The van der Waals surface area contributed by atoms with Gasteiger partial charge in [0.2, 0.25) is 0 Å². The van der Waals surface area contributed by atoms with Gasteiger partial charge in [0.1, 0.15) is 24.6 Å². The summed E-state index contributed by atoms with van der Waals surface area (Å²) in [6.07, 6.45) is -0.944. The van der Waals surface area contributed by atoms with Crippen molar-refractivity contribution in [2.75, 3.05) is 40.0 Å². The topological polar surface area (TPSA) is 94.6 Å². The maximum absolute atomic E-state index is 13.6. The highest BCUT2D eigenvalue weighted by Gasteiger charge is 2.37. The van der Waals surface area contributed by atoms with Crippen molar-refractivity contribution in [1.82, 2.24) is 9.80 Å². The first-order valence-corrected chi connectivity index (χ1v) is 14.9. The number of carbonyl (C=O) groups is 3. The fraction of sp³-hybridized carbons (Fsp3) is 0.364. The summed E-state index contributed by atoms with van der Waals surface area (Å²) in [6, 6.07) is 20.7. The lowest BCUT2D eigenvalue weighted by molar-refractivity contribution is -0.00440. The maximum Gasteiger partial charge on any atom is 0.410 e. The van der Waals surface area contributed by atoms with Crippen LogP contribution in [0.3, 0.4) is 0 Å². The molecule has 1 atom stereocenters. The number of fused-ring (bicyclic) bond motifs is 3. The van der Waals surface area contributed by atoms with Crippen molar-refractivity contribution in [3.63, 3.8) is 0 Å². The highest BCUT2D eigenvalue weighted by Crippen LogP contribution is 2.44. The maximum atomic E-state index is 13.6. The van der Waals surface area contributed by atoms with Gasteiger partial charge in [0.25, 0.3) is 0 Å². The van der Waals surface area contributed by atoms with E-state index in [1.807, 2.05) is 45.0 Å². The summed E-state index contributed by atoms with van der Waals surface area (Å²) < 4.78 is 23.1. The molecule has 1 aliphatic heterocycles. The van der Waals surface area contributed by atoms with E-state index in [1.165, 1.54) is 7.11 Å². The predicted molar refractivity (Wildman–Crippen MR) is 164 cm³/mol. The average molecular weight is 652 g/mol. The van der Waals surface area contributed by atoms with E-state index in [1.54, 1.807) is 28.0 Å². The van der Waals surface area contributed by atoms with Gasteiger partial charge in [-0.2, -0.15) is 0 Å². The Labute approximate surface area is 259 Å². The van der Waals surface area contributed by atoms with E-state index in [0.29, 0.717) is 15.8 Å². The Hall–Kier alpha value is -4.05. The van der Waals surface area contributed by atoms with Crippen molar-refractivity contribution in [2.45, 2.75) is 38.3 Å². The quantitative estimate of drug-likeness (QED) is 0.222. The van der Waals surface area contributed by atoms with Crippen molar-refractivity contribution < 1.29 is 33.3 Å². The molecule has 0 bridgehead atoms. The molecule has 0 unspecified atom stereocenters. The number of amides is 2. The molecule has 1 saturated heterocycles. The molecular weight excluding hydrogens is 616 g/mol. The van der Waals surface area contributed by atoms with Crippen LogP contribution < -0.4 is 4.74 Å². The van der Waals surface area contributed by atoms with Crippen LogP contribution >= 0.6 is 15.9 Å². The molecule has 0 saturated carbocycles. The van der Waals surface area contributed by atoms with Gasteiger partial charge in [0.15, 0.2) is 0 Å². The van der Waals surface area contributed by atoms with Gasteiger partial charge in [-0.25, -0.2) is 14.4 Å². The van der Waals surface area contributed by atoms with Crippen LogP contribution in [0, 0.1) is 0 Å². The number of carbonyl (C=O) groups excluding carboxylic acids is 3. The number of hydrogen-bond donors (Lipinski definition) is 0. The second-order valence-electron chi connectivity index (χ2n) is 11.5. The van der Waals surface area contributed by atoms with Crippen LogP contribution in [0.2, 0.25) is 0 Å².